The van der Waals surface area contributed by atoms with E-state index >= 15 is 0 Å². The van der Waals surface area contributed by atoms with Crippen LogP contribution in [-0.2, 0) is 42.7 Å². The third-order valence-corrected chi connectivity index (χ3v) is 21.1. The first-order chi connectivity index (χ1) is 35.0. The highest BCUT2D eigenvalue weighted by Gasteiger charge is 2.71. The molecule has 23 nitrogen and oxygen atoms in total. The Morgan fingerprint density at radius 1 is 0.613 bits per heavy atom. The summed E-state index contributed by atoms with van der Waals surface area (Å²) in [4.78, 5) is 12.4. The van der Waals surface area contributed by atoms with E-state index in [-0.39, 0.29) is 53.8 Å². The molecule has 14 N–H and O–H groups in total. The highest BCUT2D eigenvalue weighted by atomic mass is 16.8. The molecule has 0 spiro atoms. The molecule has 0 bridgehead atoms. The Kier molecular flexibility index (Phi) is 16.0. The largest absolute Gasteiger partial charge is 0.479 e. The molecule has 5 aliphatic carbocycles. The van der Waals surface area contributed by atoms with Gasteiger partial charge in [0.05, 0.1) is 44.7 Å². The minimum absolute atomic E-state index is 0.0796. The number of carboxylic acid groups (broad SMARTS) is 1. The van der Waals surface area contributed by atoms with Crippen molar-refractivity contribution in [2.45, 2.75) is 229 Å². The number of carbonyl (C=O) groups is 1. The molecule has 75 heavy (non-hydrogen) atoms. The molecule has 9 aliphatic rings. The summed E-state index contributed by atoms with van der Waals surface area (Å²) in [5.41, 5.74) is -2.02. The third kappa shape index (κ3) is 9.20. The molecule has 4 saturated carbocycles. The number of hydrogen-bond acceptors (Lipinski definition) is 22. The maximum Gasteiger partial charge on any atom is 0.335 e. The summed E-state index contributed by atoms with van der Waals surface area (Å²) in [7, 11) is 0. The van der Waals surface area contributed by atoms with E-state index in [1.54, 1.807) is 0 Å². The van der Waals surface area contributed by atoms with Gasteiger partial charge in [0, 0.05) is 10.8 Å². The molecule has 0 amide bonds. The number of rotatable bonds is 11. The van der Waals surface area contributed by atoms with E-state index in [1.165, 1.54) is 5.57 Å². The first kappa shape index (κ1) is 58.0. The Morgan fingerprint density at radius 2 is 1.25 bits per heavy atom. The first-order valence-corrected chi connectivity index (χ1v) is 26.8. The Bertz CT molecular complexity index is 2080. The third-order valence-electron chi connectivity index (χ3n) is 21.1. The van der Waals surface area contributed by atoms with Crippen LogP contribution < -0.4 is 0 Å². The van der Waals surface area contributed by atoms with E-state index in [0.717, 1.165) is 12.8 Å². The van der Waals surface area contributed by atoms with Crippen LogP contribution in [0.1, 0.15) is 99.8 Å². The normalized spacial score (nSPS) is 55.9. The number of ether oxygens (including phenoxy) is 8. The number of hydrogen-bond donors (Lipinski definition) is 14. The lowest BCUT2D eigenvalue weighted by Gasteiger charge is -2.72. The number of fused-ring (bicyclic) bond motifs is 7. The molecule has 0 unspecified atom stereocenters. The molecule has 0 radical (unpaired) electrons. The number of aliphatic carboxylic acids is 1. The molecular weight excluding hydrogens is 993 g/mol. The van der Waals surface area contributed by atoms with Crippen molar-refractivity contribution in [2.75, 3.05) is 26.4 Å². The van der Waals surface area contributed by atoms with E-state index in [0.29, 0.717) is 38.5 Å². The minimum Gasteiger partial charge on any atom is -0.479 e. The monoisotopic (exact) mass is 1080 g/mol. The highest BCUT2D eigenvalue weighted by Crippen LogP contribution is 2.76. The standard InChI is InChI=1S/C52H84O23/c1-47(2)16-22-21-8-9-27-49(4)12-11-28(71-46-39(33(61)32(60)38(73-46)42(66)67)74-45-35(63)31(59)30(58)25(17-53)70-45)50(5,20-54)26(49)10-13-52(27,7)51(21,6)15-14-48(22,3)41(40(47)65)75-44-36(64)37(24(56)19-69-44)72-43-34(62)29(57)23(55)18-68-43/h8,22-41,43-46,53-65H,9-20H2,1-7H3,(H,66,67)/t22-,23-,24+,25-,26+,27-,28-,29+,30+,31+,32+,33+,34-,35-,36-,37+,38+,39-,40+,41-,43+,44+,45+,46-,48-,49+,50-,51-,52-/m1/s1. The molecule has 8 fully saturated rings. The Morgan fingerprint density at radius 3 is 1.91 bits per heavy atom. The Labute approximate surface area is 436 Å². The van der Waals surface area contributed by atoms with Crippen molar-refractivity contribution in [1.82, 2.24) is 0 Å². The summed E-state index contributed by atoms with van der Waals surface area (Å²) in [6, 6.07) is 0. The fourth-order valence-corrected chi connectivity index (χ4v) is 16.2. The average molecular weight is 1080 g/mol. The Balaban J connectivity index is 0.958. The molecule has 4 saturated heterocycles. The van der Waals surface area contributed by atoms with Gasteiger partial charge in [-0.2, -0.15) is 0 Å². The summed E-state index contributed by atoms with van der Waals surface area (Å²) in [5, 5.41) is 151. The zero-order valence-electron chi connectivity index (χ0n) is 43.9. The van der Waals surface area contributed by atoms with Crippen molar-refractivity contribution in [3.63, 3.8) is 0 Å². The number of carboxylic acids is 1. The molecule has 9 rings (SSSR count). The smallest absolute Gasteiger partial charge is 0.335 e. The minimum atomic E-state index is -2.03. The van der Waals surface area contributed by atoms with Gasteiger partial charge in [0.1, 0.15) is 79.4 Å². The SMILES string of the molecule is CC1(C)C[C@@H]2C3=CC[C@@H]4[C@@]5(C)CC[C@@H](O[C@@H]6O[C@H](C(=O)O)[C@@H](O)[C@H](O)[C@H]6O[C@@H]6O[C@H](CO)[C@H](O)[C@H](O)[C@H]6O)[C@](C)(CO)[C@H]5CC[C@@]4(C)[C@]3(C)CC[C@@]2(C)[C@H](O[C@@H]2OC[C@H](O)[C@H](O[C@@H]3OC[C@@H](O)[C@H](O)[C@H]3O)[C@H]2O)[C@@H]1O. The molecule has 0 aromatic heterocycles. The topological polar surface area (TPSA) is 374 Å². The van der Waals surface area contributed by atoms with Gasteiger partial charge in [-0.25, -0.2) is 4.79 Å². The van der Waals surface area contributed by atoms with Gasteiger partial charge in [0.25, 0.3) is 0 Å². The number of allylic oxidation sites excluding steroid dienone is 2. The van der Waals surface area contributed by atoms with Gasteiger partial charge in [-0.1, -0.05) is 60.1 Å². The molecular formula is C52H84O23. The molecule has 4 heterocycles. The molecule has 23 heteroatoms. The fourth-order valence-electron chi connectivity index (χ4n) is 16.2. The average Bonchev–Trinajstić information content (AvgIpc) is 3.38. The van der Waals surface area contributed by atoms with E-state index in [4.69, 9.17) is 37.9 Å². The second-order valence-corrected chi connectivity index (χ2v) is 25.5. The van der Waals surface area contributed by atoms with Crippen LogP contribution in [-0.4, -0.2) is 233 Å². The predicted molar refractivity (Wildman–Crippen MR) is 254 cm³/mol. The van der Waals surface area contributed by atoms with Crippen LogP contribution in [0.3, 0.4) is 0 Å². The van der Waals surface area contributed by atoms with Crippen LogP contribution in [0.25, 0.3) is 0 Å². The van der Waals surface area contributed by atoms with Crippen molar-refractivity contribution >= 4 is 5.97 Å². The molecule has 430 valence electrons. The van der Waals surface area contributed by atoms with Gasteiger partial charge >= 0.3 is 5.97 Å². The number of aliphatic hydroxyl groups excluding tert-OH is 13. The van der Waals surface area contributed by atoms with Crippen molar-refractivity contribution in [3.05, 3.63) is 11.6 Å². The number of aliphatic hydroxyl groups is 13. The van der Waals surface area contributed by atoms with Gasteiger partial charge in [-0.15, -0.1) is 0 Å². The summed E-state index contributed by atoms with van der Waals surface area (Å²) in [6.45, 7) is 13.3. The van der Waals surface area contributed by atoms with Crippen molar-refractivity contribution in [3.8, 4) is 0 Å². The predicted octanol–water partition coefficient (Wildman–Crippen LogP) is -2.25. The Hall–Kier alpha value is -1.63. The van der Waals surface area contributed by atoms with Crippen molar-refractivity contribution in [1.29, 1.82) is 0 Å². The van der Waals surface area contributed by atoms with Crippen molar-refractivity contribution in [2.24, 2.45) is 50.2 Å². The zero-order valence-corrected chi connectivity index (χ0v) is 43.9. The van der Waals surface area contributed by atoms with E-state index in [9.17, 15) is 76.3 Å². The van der Waals surface area contributed by atoms with Crippen LogP contribution in [0.4, 0.5) is 0 Å². The highest BCUT2D eigenvalue weighted by molar-refractivity contribution is 5.73. The fraction of sp³-hybridized carbons (Fsp3) is 0.942. The summed E-state index contributed by atoms with van der Waals surface area (Å²) >= 11 is 0. The van der Waals surface area contributed by atoms with Gasteiger partial charge in [0.15, 0.2) is 31.3 Å². The lowest BCUT2D eigenvalue weighted by Crippen LogP contribution is -2.69. The maximum absolute atomic E-state index is 12.4. The quantitative estimate of drug-likeness (QED) is 0.0768. The van der Waals surface area contributed by atoms with Crippen LogP contribution >= 0.6 is 0 Å². The summed E-state index contributed by atoms with van der Waals surface area (Å²) in [6.07, 6.45) is -25.1. The lowest BCUT2D eigenvalue weighted by molar-refractivity contribution is -0.375. The van der Waals surface area contributed by atoms with E-state index in [1.807, 2.05) is 20.8 Å². The van der Waals surface area contributed by atoms with Gasteiger partial charge in [-0.05, 0) is 90.8 Å². The molecule has 4 aliphatic heterocycles. The molecule has 0 aromatic rings. The molecule has 29 atom stereocenters. The molecule has 0 aromatic carbocycles. The van der Waals surface area contributed by atoms with Crippen LogP contribution in [0.2, 0.25) is 0 Å². The van der Waals surface area contributed by atoms with Crippen LogP contribution in [0.15, 0.2) is 11.6 Å². The second-order valence-electron chi connectivity index (χ2n) is 25.5. The van der Waals surface area contributed by atoms with Crippen LogP contribution in [0, 0.1) is 50.2 Å². The van der Waals surface area contributed by atoms with Gasteiger partial charge < -0.3 is 109 Å². The van der Waals surface area contributed by atoms with E-state index in [2.05, 4.69) is 33.8 Å². The van der Waals surface area contributed by atoms with E-state index < -0.39 is 158 Å². The lowest BCUT2D eigenvalue weighted by atomic mass is 9.33. The summed E-state index contributed by atoms with van der Waals surface area (Å²) in [5.74, 6) is -1.72. The first-order valence-electron chi connectivity index (χ1n) is 26.8. The van der Waals surface area contributed by atoms with Gasteiger partial charge in [0.2, 0.25) is 0 Å². The summed E-state index contributed by atoms with van der Waals surface area (Å²) < 4.78 is 47.9. The second kappa shape index (κ2) is 20.7. The van der Waals surface area contributed by atoms with Gasteiger partial charge in [-0.3, -0.25) is 0 Å². The maximum atomic E-state index is 12.4. The van der Waals surface area contributed by atoms with Crippen molar-refractivity contribution < 1.29 is 114 Å². The van der Waals surface area contributed by atoms with Crippen LogP contribution in [0.5, 0.6) is 0 Å². The zero-order chi connectivity index (χ0) is 54.9.